The van der Waals surface area contributed by atoms with E-state index in [1.807, 2.05) is 18.2 Å². The fourth-order valence-electron chi connectivity index (χ4n) is 2.93. The summed E-state index contributed by atoms with van der Waals surface area (Å²) < 4.78 is 0. The van der Waals surface area contributed by atoms with E-state index in [-0.39, 0.29) is 5.41 Å². The number of hydroxylamine groups is 1. The predicted molar refractivity (Wildman–Crippen MR) is 114 cm³/mol. The van der Waals surface area contributed by atoms with Crippen LogP contribution in [0.5, 0.6) is 0 Å². The summed E-state index contributed by atoms with van der Waals surface area (Å²) in [5, 5.41) is 1.74. The Morgan fingerprint density at radius 1 is 0.741 bits per heavy atom. The van der Waals surface area contributed by atoms with Gasteiger partial charge in [0, 0.05) is 0 Å². The van der Waals surface area contributed by atoms with Crippen LogP contribution in [0.2, 0.25) is 0 Å². The Hall–Kier alpha value is -2.91. The Labute approximate surface area is 161 Å². The van der Waals surface area contributed by atoms with Crippen LogP contribution in [-0.4, -0.2) is 13.1 Å². The van der Waals surface area contributed by atoms with E-state index >= 15 is 0 Å². The molecule has 0 spiro atoms. The van der Waals surface area contributed by atoms with Crippen LogP contribution in [0, 0.1) is 0 Å². The van der Waals surface area contributed by atoms with Gasteiger partial charge in [-0.25, -0.2) is 14.9 Å². The van der Waals surface area contributed by atoms with Gasteiger partial charge in [-0.3, -0.25) is 0 Å². The van der Waals surface area contributed by atoms with Crippen molar-refractivity contribution in [3.05, 3.63) is 90.5 Å². The molecule has 0 unspecified atom stereocenters. The minimum Gasteiger partial charge on any atom is -0.244 e. The van der Waals surface area contributed by atoms with Crippen LogP contribution in [0.4, 0.5) is 5.69 Å². The summed E-state index contributed by atoms with van der Waals surface area (Å²) in [5.74, 6) is 0. The molecule has 1 aliphatic rings. The van der Waals surface area contributed by atoms with Crippen molar-refractivity contribution < 1.29 is 4.84 Å². The molecule has 0 bridgehead atoms. The van der Waals surface area contributed by atoms with Gasteiger partial charge in [0.2, 0.25) is 0 Å². The maximum absolute atomic E-state index is 5.39. The molecule has 0 saturated carbocycles. The predicted octanol–water partition coefficient (Wildman–Crippen LogP) is 6.08. The Morgan fingerprint density at radius 2 is 1.26 bits per heavy atom. The van der Waals surface area contributed by atoms with Gasteiger partial charge in [-0.15, -0.1) is 0 Å². The van der Waals surface area contributed by atoms with Crippen molar-refractivity contribution in [3.8, 4) is 11.1 Å². The van der Waals surface area contributed by atoms with Crippen LogP contribution in [0.3, 0.4) is 0 Å². The van der Waals surface area contributed by atoms with E-state index in [0.29, 0.717) is 6.73 Å². The molecule has 0 saturated heterocycles. The summed E-state index contributed by atoms with van der Waals surface area (Å²) in [5.41, 5.74) is 5.00. The smallest absolute Gasteiger partial charge is 0.167 e. The Morgan fingerprint density at radius 3 is 1.74 bits per heavy atom. The maximum Gasteiger partial charge on any atom is 0.167 e. The molecule has 27 heavy (non-hydrogen) atoms. The highest BCUT2D eigenvalue weighted by molar-refractivity contribution is 5.79. The van der Waals surface area contributed by atoms with Crippen molar-refractivity contribution >= 4 is 12.0 Å². The van der Waals surface area contributed by atoms with Crippen LogP contribution in [0.25, 0.3) is 11.1 Å². The third kappa shape index (κ3) is 5.05. The zero-order chi connectivity index (χ0) is 19.1. The van der Waals surface area contributed by atoms with E-state index in [1.165, 1.54) is 16.7 Å². The Balaban J connectivity index is 0.000000159. The third-order valence-corrected chi connectivity index (χ3v) is 4.29. The maximum atomic E-state index is 5.39. The molecule has 3 aromatic rings. The number of aliphatic imine (C=N–C) groups is 1. The molecule has 4 rings (SSSR count). The lowest BCUT2D eigenvalue weighted by Crippen LogP contribution is -2.22. The normalized spacial score (nSPS) is 13.2. The number of nitrogens with zero attached hydrogens (tertiary/aromatic N) is 2. The number of para-hydroxylation sites is 1. The van der Waals surface area contributed by atoms with Gasteiger partial charge in [0.15, 0.2) is 6.73 Å². The van der Waals surface area contributed by atoms with Gasteiger partial charge in [0.05, 0.1) is 5.69 Å². The summed E-state index contributed by atoms with van der Waals surface area (Å²) in [4.78, 5) is 9.43. The van der Waals surface area contributed by atoms with Crippen LogP contribution >= 0.6 is 0 Å². The van der Waals surface area contributed by atoms with Crippen molar-refractivity contribution in [1.29, 1.82) is 0 Å². The molecule has 0 radical (unpaired) electrons. The minimum absolute atomic E-state index is 0.108. The van der Waals surface area contributed by atoms with Gasteiger partial charge in [0.25, 0.3) is 0 Å². The van der Waals surface area contributed by atoms with Crippen molar-refractivity contribution in [2.24, 2.45) is 4.99 Å². The van der Waals surface area contributed by atoms with E-state index in [0.717, 1.165) is 5.69 Å². The molecule has 0 aliphatic carbocycles. The summed E-state index contributed by atoms with van der Waals surface area (Å²) in [6, 6.07) is 29.0. The van der Waals surface area contributed by atoms with Crippen LogP contribution in [0.1, 0.15) is 26.3 Å². The molecule has 138 valence electrons. The molecule has 0 atom stereocenters. The van der Waals surface area contributed by atoms with Crippen molar-refractivity contribution in [2.75, 3.05) is 11.8 Å². The van der Waals surface area contributed by atoms with E-state index in [9.17, 15) is 0 Å². The fourth-order valence-corrected chi connectivity index (χ4v) is 2.93. The van der Waals surface area contributed by atoms with Gasteiger partial charge in [0.1, 0.15) is 6.34 Å². The first-order valence-corrected chi connectivity index (χ1v) is 9.18. The molecule has 0 fully saturated rings. The molecule has 0 amide bonds. The first-order chi connectivity index (χ1) is 13.1. The second-order valence-electron chi connectivity index (χ2n) is 7.38. The average molecular weight is 358 g/mol. The molecular formula is C24H26N2O. The first-order valence-electron chi connectivity index (χ1n) is 9.18. The number of anilines is 1. The Kier molecular flexibility index (Phi) is 6.05. The van der Waals surface area contributed by atoms with Gasteiger partial charge >= 0.3 is 0 Å². The summed E-state index contributed by atoms with van der Waals surface area (Å²) in [7, 11) is 0. The molecule has 3 aromatic carbocycles. The van der Waals surface area contributed by atoms with Crippen molar-refractivity contribution in [2.45, 2.75) is 26.2 Å². The van der Waals surface area contributed by atoms with Crippen molar-refractivity contribution in [1.82, 2.24) is 0 Å². The average Bonchev–Trinajstić information content (AvgIpc) is 3.24. The van der Waals surface area contributed by atoms with E-state index in [1.54, 1.807) is 11.4 Å². The molecule has 1 heterocycles. The summed E-state index contributed by atoms with van der Waals surface area (Å²) >= 11 is 0. The second kappa shape index (κ2) is 8.65. The lowest BCUT2D eigenvalue weighted by atomic mass is 9.86. The van der Waals surface area contributed by atoms with E-state index in [2.05, 4.69) is 92.5 Å². The minimum atomic E-state index is 0.108. The van der Waals surface area contributed by atoms with Crippen LogP contribution in [0.15, 0.2) is 89.9 Å². The van der Waals surface area contributed by atoms with Crippen LogP contribution < -0.4 is 5.06 Å². The first kappa shape index (κ1) is 18.9. The lowest BCUT2D eigenvalue weighted by Gasteiger charge is -2.25. The van der Waals surface area contributed by atoms with E-state index in [4.69, 9.17) is 4.84 Å². The van der Waals surface area contributed by atoms with Crippen LogP contribution in [-0.2, 0) is 10.3 Å². The molecule has 0 aromatic heterocycles. The van der Waals surface area contributed by atoms with Gasteiger partial charge < -0.3 is 0 Å². The zero-order valence-corrected chi connectivity index (χ0v) is 16.2. The molecule has 0 N–H and O–H groups in total. The molecule has 3 heteroatoms. The highest BCUT2D eigenvalue weighted by atomic mass is 16.7. The lowest BCUT2D eigenvalue weighted by molar-refractivity contribution is 0.173. The van der Waals surface area contributed by atoms with E-state index < -0.39 is 0 Å². The van der Waals surface area contributed by atoms with Gasteiger partial charge in [-0.05, 0) is 28.2 Å². The number of benzene rings is 3. The molecule has 3 nitrogen and oxygen atoms in total. The standard InChI is InChI=1S/C12H16N2O.C12H10/c1-12(2,3)10-6-4-5-7-11(10)14-8-13-9-15-14;1-3-7-11(8-4-1)12-9-5-2-6-10-12/h4-8H,9H2,1-3H3;1-10H. The molecule has 1 aliphatic heterocycles. The highest BCUT2D eigenvalue weighted by Crippen LogP contribution is 2.32. The zero-order valence-electron chi connectivity index (χ0n) is 16.2. The molecular weight excluding hydrogens is 332 g/mol. The fraction of sp³-hybridized carbons (Fsp3) is 0.208. The summed E-state index contributed by atoms with van der Waals surface area (Å²) in [6.45, 7) is 7.00. The number of rotatable bonds is 2. The van der Waals surface area contributed by atoms with Gasteiger partial charge in [-0.1, -0.05) is 99.6 Å². The number of hydrogen-bond donors (Lipinski definition) is 0. The quantitative estimate of drug-likeness (QED) is 0.555. The van der Waals surface area contributed by atoms with Crippen molar-refractivity contribution in [3.63, 3.8) is 0 Å². The largest absolute Gasteiger partial charge is 0.244 e. The third-order valence-electron chi connectivity index (χ3n) is 4.29. The second-order valence-corrected chi connectivity index (χ2v) is 7.38. The topological polar surface area (TPSA) is 24.8 Å². The SMILES string of the molecule is CC(C)(C)c1ccccc1N1C=NCO1.c1ccc(-c2ccccc2)cc1. The highest BCUT2D eigenvalue weighted by Gasteiger charge is 2.21. The number of hydrogen-bond acceptors (Lipinski definition) is 3. The van der Waals surface area contributed by atoms with Gasteiger partial charge in [-0.2, -0.15) is 0 Å². The Bertz CT molecular complexity index is 830. The monoisotopic (exact) mass is 358 g/mol. The summed E-state index contributed by atoms with van der Waals surface area (Å²) in [6.07, 6.45) is 1.73.